The molecule has 2 heterocycles. The highest BCUT2D eigenvalue weighted by atomic mass is 19.1. The van der Waals surface area contributed by atoms with E-state index in [0.717, 1.165) is 25.2 Å². The van der Waals surface area contributed by atoms with Crippen molar-refractivity contribution in [3.05, 3.63) is 65.7 Å². The average Bonchev–Trinajstić information content (AvgIpc) is 2.78. The summed E-state index contributed by atoms with van der Waals surface area (Å²) in [6, 6.07) is 10.6. The number of hydrogen-bond acceptors (Lipinski definition) is 3. The molecule has 26 heavy (non-hydrogen) atoms. The summed E-state index contributed by atoms with van der Waals surface area (Å²) in [5, 5.41) is 0. The third-order valence-corrected chi connectivity index (χ3v) is 5.00. The highest BCUT2D eigenvalue weighted by Crippen LogP contribution is 2.22. The van der Waals surface area contributed by atoms with Gasteiger partial charge in [0.05, 0.1) is 0 Å². The third kappa shape index (κ3) is 4.67. The van der Waals surface area contributed by atoms with Gasteiger partial charge in [-0.2, -0.15) is 0 Å². The van der Waals surface area contributed by atoms with E-state index in [1.807, 2.05) is 17.0 Å². The molecule has 1 saturated heterocycles. The second kappa shape index (κ2) is 8.41. The van der Waals surface area contributed by atoms with Gasteiger partial charge in [0.1, 0.15) is 5.82 Å². The number of benzene rings is 1. The van der Waals surface area contributed by atoms with Gasteiger partial charge in [-0.05, 0) is 41.3 Å². The van der Waals surface area contributed by atoms with Crippen LogP contribution in [0.4, 0.5) is 4.39 Å². The lowest BCUT2D eigenvalue weighted by Crippen LogP contribution is -2.45. The van der Waals surface area contributed by atoms with Gasteiger partial charge in [-0.1, -0.05) is 26.0 Å². The molecule has 1 fully saturated rings. The van der Waals surface area contributed by atoms with E-state index in [1.165, 1.54) is 17.7 Å². The molecular weight excluding hydrogens is 329 g/mol. The smallest absolute Gasteiger partial charge is 0.224 e. The van der Waals surface area contributed by atoms with Crippen LogP contribution in [0.5, 0.6) is 0 Å². The Labute approximate surface area is 154 Å². The van der Waals surface area contributed by atoms with Gasteiger partial charge >= 0.3 is 0 Å². The predicted octanol–water partition coefficient (Wildman–Crippen LogP) is 3.48. The molecule has 1 amide bonds. The van der Waals surface area contributed by atoms with Crippen molar-refractivity contribution in [2.24, 2.45) is 5.92 Å². The summed E-state index contributed by atoms with van der Waals surface area (Å²) in [6.07, 6.45) is 4.12. The Kier molecular flexibility index (Phi) is 5.99. The Hall–Kier alpha value is -2.27. The molecule has 1 aromatic carbocycles. The molecule has 2 aromatic rings. The summed E-state index contributed by atoms with van der Waals surface area (Å²) in [6.45, 7) is 7.27. The topological polar surface area (TPSA) is 36.4 Å². The first-order chi connectivity index (χ1) is 12.5. The van der Waals surface area contributed by atoms with Gasteiger partial charge in [-0.3, -0.25) is 14.7 Å². The fraction of sp³-hybridized carbons (Fsp3) is 0.429. The second-order valence-corrected chi connectivity index (χ2v) is 7.30. The molecule has 3 rings (SSSR count). The van der Waals surface area contributed by atoms with Crippen molar-refractivity contribution in [3.8, 4) is 0 Å². The number of amides is 1. The van der Waals surface area contributed by atoms with Crippen LogP contribution in [0.15, 0.2) is 48.8 Å². The Morgan fingerprint density at radius 2 is 1.73 bits per heavy atom. The maximum atomic E-state index is 13.2. The number of hydrogen-bond donors (Lipinski definition) is 0. The predicted molar refractivity (Wildman–Crippen MR) is 99.7 cm³/mol. The Balaban J connectivity index is 1.76. The first-order valence-corrected chi connectivity index (χ1v) is 9.18. The van der Waals surface area contributed by atoms with Crippen molar-refractivity contribution < 1.29 is 9.18 Å². The van der Waals surface area contributed by atoms with E-state index >= 15 is 0 Å². The summed E-state index contributed by atoms with van der Waals surface area (Å²) in [7, 11) is 0. The van der Waals surface area contributed by atoms with Crippen LogP contribution in [0, 0.1) is 11.7 Å². The molecule has 0 spiro atoms. The minimum Gasteiger partial charge on any atom is -0.334 e. The molecule has 0 radical (unpaired) electrons. The Morgan fingerprint density at radius 1 is 1.08 bits per heavy atom. The summed E-state index contributed by atoms with van der Waals surface area (Å²) < 4.78 is 13.2. The lowest BCUT2D eigenvalue weighted by molar-refractivity contribution is -0.134. The fourth-order valence-corrected chi connectivity index (χ4v) is 3.49. The van der Waals surface area contributed by atoms with E-state index in [0.29, 0.717) is 18.9 Å². The van der Waals surface area contributed by atoms with E-state index < -0.39 is 0 Å². The minimum absolute atomic E-state index is 0.136. The number of rotatable bonds is 5. The van der Waals surface area contributed by atoms with Crippen LogP contribution in [0.1, 0.15) is 31.4 Å². The lowest BCUT2D eigenvalue weighted by atomic mass is 10.0. The van der Waals surface area contributed by atoms with Crippen LogP contribution in [-0.2, 0) is 17.9 Å². The standard InChI is InChI=1S/C21H26FN3O/c1-16(2)20-15-24(13-18-7-10-23-11-8-18)12-9-21(26)25(20)14-17-3-5-19(22)6-4-17/h3-8,10-11,16,20H,9,12-15H2,1-2H3/t20-/m1/s1. The largest absolute Gasteiger partial charge is 0.334 e. The first-order valence-electron chi connectivity index (χ1n) is 9.18. The summed E-state index contributed by atoms with van der Waals surface area (Å²) in [4.78, 5) is 21.2. The van der Waals surface area contributed by atoms with Crippen molar-refractivity contribution in [1.29, 1.82) is 0 Å². The van der Waals surface area contributed by atoms with Gasteiger partial charge in [-0.25, -0.2) is 4.39 Å². The molecule has 0 N–H and O–H groups in total. The molecule has 0 aliphatic carbocycles. The number of halogens is 1. The van der Waals surface area contributed by atoms with Gasteiger partial charge in [0.2, 0.25) is 5.91 Å². The summed E-state index contributed by atoms with van der Waals surface area (Å²) in [5.41, 5.74) is 2.18. The van der Waals surface area contributed by atoms with Crippen LogP contribution < -0.4 is 0 Å². The van der Waals surface area contributed by atoms with Crippen LogP contribution >= 0.6 is 0 Å². The molecule has 1 atom stereocenters. The van der Waals surface area contributed by atoms with Crippen molar-refractivity contribution in [1.82, 2.24) is 14.8 Å². The zero-order valence-electron chi connectivity index (χ0n) is 15.4. The zero-order chi connectivity index (χ0) is 18.5. The lowest BCUT2D eigenvalue weighted by Gasteiger charge is -2.35. The molecule has 1 aliphatic heterocycles. The van der Waals surface area contributed by atoms with Crippen molar-refractivity contribution in [3.63, 3.8) is 0 Å². The SMILES string of the molecule is CC(C)[C@H]1CN(Cc2ccncc2)CCC(=O)N1Cc1ccc(F)cc1. The molecule has 5 heteroatoms. The van der Waals surface area contributed by atoms with Crippen LogP contribution in [0.2, 0.25) is 0 Å². The molecule has 1 aliphatic rings. The van der Waals surface area contributed by atoms with Gasteiger partial charge < -0.3 is 4.90 Å². The van der Waals surface area contributed by atoms with Gasteiger partial charge in [0.15, 0.2) is 0 Å². The number of nitrogens with zero attached hydrogens (tertiary/aromatic N) is 3. The monoisotopic (exact) mass is 355 g/mol. The van der Waals surface area contributed by atoms with E-state index in [-0.39, 0.29) is 17.8 Å². The molecule has 0 unspecified atom stereocenters. The maximum Gasteiger partial charge on any atom is 0.224 e. The van der Waals surface area contributed by atoms with Crippen molar-refractivity contribution >= 4 is 5.91 Å². The quantitative estimate of drug-likeness (QED) is 0.824. The van der Waals surface area contributed by atoms with Crippen LogP contribution in [0.25, 0.3) is 0 Å². The molecule has 0 saturated carbocycles. The fourth-order valence-electron chi connectivity index (χ4n) is 3.49. The van der Waals surface area contributed by atoms with Crippen molar-refractivity contribution in [2.75, 3.05) is 13.1 Å². The van der Waals surface area contributed by atoms with Crippen LogP contribution in [-0.4, -0.2) is 39.8 Å². The van der Waals surface area contributed by atoms with E-state index in [2.05, 4.69) is 23.7 Å². The van der Waals surface area contributed by atoms with E-state index in [1.54, 1.807) is 24.5 Å². The van der Waals surface area contributed by atoms with Gasteiger partial charge in [0, 0.05) is 51.0 Å². The number of pyridine rings is 1. The highest BCUT2D eigenvalue weighted by molar-refractivity contribution is 5.77. The third-order valence-electron chi connectivity index (χ3n) is 5.00. The first kappa shape index (κ1) is 18.5. The van der Waals surface area contributed by atoms with Gasteiger partial charge in [0.25, 0.3) is 0 Å². The number of carbonyl (C=O) groups is 1. The summed E-state index contributed by atoms with van der Waals surface area (Å²) >= 11 is 0. The molecule has 0 bridgehead atoms. The Morgan fingerprint density at radius 3 is 2.38 bits per heavy atom. The molecule has 1 aromatic heterocycles. The van der Waals surface area contributed by atoms with E-state index in [4.69, 9.17) is 0 Å². The normalized spacial score (nSPS) is 19.0. The second-order valence-electron chi connectivity index (χ2n) is 7.30. The molecule has 4 nitrogen and oxygen atoms in total. The number of carbonyl (C=O) groups excluding carboxylic acids is 1. The zero-order valence-corrected chi connectivity index (χ0v) is 15.4. The Bertz CT molecular complexity index is 718. The number of aromatic nitrogens is 1. The average molecular weight is 355 g/mol. The maximum absolute atomic E-state index is 13.2. The van der Waals surface area contributed by atoms with Crippen molar-refractivity contribution in [2.45, 2.75) is 39.4 Å². The van der Waals surface area contributed by atoms with Crippen LogP contribution in [0.3, 0.4) is 0 Å². The van der Waals surface area contributed by atoms with Gasteiger partial charge in [-0.15, -0.1) is 0 Å². The minimum atomic E-state index is -0.250. The molecule has 138 valence electrons. The summed E-state index contributed by atoms with van der Waals surface area (Å²) in [5.74, 6) is 0.266. The molecular formula is C21H26FN3O. The van der Waals surface area contributed by atoms with E-state index in [9.17, 15) is 9.18 Å². The highest BCUT2D eigenvalue weighted by Gasteiger charge is 2.31.